The zero-order valence-electron chi connectivity index (χ0n) is 15.4. The fourth-order valence-corrected chi connectivity index (χ4v) is 4.22. The molecule has 140 valence electrons. The van der Waals surface area contributed by atoms with Gasteiger partial charge in [0.25, 0.3) is 0 Å². The average molecular weight is 376 g/mol. The Kier molecular flexibility index (Phi) is 6.26. The monoisotopic (exact) mass is 376 g/mol. The Morgan fingerprint density at radius 1 is 1.08 bits per heavy atom. The van der Waals surface area contributed by atoms with Crippen LogP contribution in [-0.2, 0) is 14.6 Å². The van der Waals surface area contributed by atoms with Gasteiger partial charge >= 0.3 is 0 Å². The fourth-order valence-electron chi connectivity index (χ4n) is 2.56. The van der Waals surface area contributed by atoms with Crippen LogP contribution in [-0.4, -0.2) is 42.1 Å². The summed E-state index contributed by atoms with van der Waals surface area (Å²) in [5.41, 5.74) is 1.59. The van der Waals surface area contributed by atoms with E-state index >= 15 is 0 Å². The summed E-state index contributed by atoms with van der Waals surface area (Å²) in [6.07, 6.45) is 0. The molecule has 0 radical (unpaired) electrons. The second kappa shape index (κ2) is 8.23. The van der Waals surface area contributed by atoms with Gasteiger partial charge in [-0.3, -0.25) is 4.79 Å². The first-order valence-electron chi connectivity index (χ1n) is 8.15. The standard InChI is InChI=1S/C19H24N2O4S/c1-14(22)20-13-19(15-5-7-16(8-6-15)21(2)3)26(23,24)18-11-9-17(25-4)10-12-18/h5-12,19H,13H2,1-4H3,(H,20,22)/t19-/m1/s1. The number of rotatable bonds is 7. The Bertz CT molecular complexity index is 844. The van der Waals surface area contributed by atoms with Crippen LogP contribution in [0.4, 0.5) is 5.69 Å². The molecule has 0 heterocycles. The van der Waals surface area contributed by atoms with Crippen molar-refractivity contribution < 1.29 is 17.9 Å². The minimum Gasteiger partial charge on any atom is -0.497 e. The number of carbonyl (C=O) groups is 1. The molecule has 0 saturated heterocycles. The van der Waals surface area contributed by atoms with Crippen molar-refractivity contribution in [3.8, 4) is 5.75 Å². The minimum absolute atomic E-state index is 0.00497. The van der Waals surface area contributed by atoms with Crippen LogP contribution in [0.25, 0.3) is 0 Å². The Morgan fingerprint density at radius 3 is 2.12 bits per heavy atom. The van der Waals surface area contributed by atoms with Crippen LogP contribution in [0.5, 0.6) is 5.75 Å². The SMILES string of the molecule is COc1ccc(S(=O)(=O)[C@H](CNC(C)=O)c2ccc(N(C)C)cc2)cc1. The molecule has 0 bridgehead atoms. The van der Waals surface area contributed by atoms with E-state index in [1.807, 2.05) is 31.1 Å². The number of hydrogen-bond acceptors (Lipinski definition) is 5. The molecular formula is C19H24N2O4S. The van der Waals surface area contributed by atoms with Crippen LogP contribution in [0.15, 0.2) is 53.4 Å². The lowest BCUT2D eigenvalue weighted by Gasteiger charge is -2.20. The van der Waals surface area contributed by atoms with E-state index in [1.54, 1.807) is 24.3 Å². The molecule has 2 rings (SSSR count). The number of carbonyl (C=O) groups excluding carboxylic acids is 1. The van der Waals surface area contributed by atoms with Crippen molar-refractivity contribution in [1.82, 2.24) is 5.32 Å². The topological polar surface area (TPSA) is 75.7 Å². The molecule has 0 unspecified atom stereocenters. The van der Waals surface area contributed by atoms with E-state index in [9.17, 15) is 13.2 Å². The smallest absolute Gasteiger partial charge is 0.216 e. The summed E-state index contributed by atoms with van der Waals surface area (Å²) in [7, 11) is 1.66. The third kappa shape index (κ3) is 4.54. The van der Waals surface area contributed by atoms with E-state index in [-0.39, 0.29) is 17.3 Å². The molecular weight excluding hydrogens is 352 g/mol. The lowest BCUT2D eigenvalue weighted by atomic mass is 10.1. The first-order valence-corrected chi connectivity index (χ1v) is 9.70. The van der Waals surface area contributed by atoms with Crippen LogP contribution in [0, 0.1) is 0 Å². The Morgan fingerprint density at radius 2 is 1.65 bits per heavy atom. The lowest BCUT2D eigenvalue weighted by molar-refractivity contribution is -0.118. The van der Waals surface area contributed by atoms with Crippen molar-refractivity contribution in [2.45, 2.75) is 17.1 Å². The predicted molar refractivity (Wildman–Crippen MR) is 102 cm³/mol. The number of nitrogens with zero attached hydrogens (tertiary/aromatic N) is 1. The van der Waals surface area contributed by atoms with Gasteiger partial charge in [0.05, 0.1) is 12.0 Å². The summed E-state index contributed by atoms with van der Waals surface area (Å²) in [4.78, 5) is 13.5. The third-order valence-electron chi connectivity index (χ3n) is 4.08. The number of nitrogens with one attached hydrogen (secondary N) is 1. The van der Waals surface area contributed by atoms with Crippen LogP contribution >= 0.6 is 0 Å². The summed E-state index contributed by atoms with van der Waals surface area (Å²) in [6, 6.07) is 13.5. The van der Waals surface area contributed by atoms with Crippen molar-refractivity contribution in [2.75, 3.05) is 32.6 Å². The molecule has 2 aromatic carbocycles. The number of benzene rings is 2. The zero-order chi connectivity index (χ0) is 19.3. The number of methoxy groups -OCH3 is 1. The first kappa shape index (κ1) is 19.8. The van der Waals surface area contributed by atoms with E-state index in [0.29, 0.717) is 11.3 Å². The molecule has 0 aliphatic rings. The molecule has 7 heteroatoms. The summed E-state index contributed by atoms with van der Waals surface area (Å²) in [6.45, 7) is 1.37. The Balaban J connectivity index is 2.42. The normalized spacial score (nSPS) is 12.3. The van der Waals surface area contributed by atoms with Gasteiger partial charge in [-0.05, 0) is 42.0 Å². The molecule has 0 saturated carbocycles. The second-order valence-corrected chi connectivity index (χ2v) is 8.26. The van der Waals surface area contributed by atoms with Crippen LogP contribution in [0.3, 0.4) is 0 Å². The molecule has 1 amide bonds. The number of ether oxygens (including phenoxy) is 1. The molecule has 0 fully saturated rings. The minimum atomic E-state index is -3.69. The summed E-state index contributed by atoms with van der Waals surface area (Å²) in [5.74, 6) is 0.308. The van der Waals surface area contributed by atoms with Crippen LogP contribution in [0.1, 0.15) is 17.7 Å². The predicted octanol–water partition coefficient (Wildman–Crippen LogP) is 2.41. The molecule has 2 aromatic rings. The van der Waals surface area contributed by atoms with Crippen molar-refractivity contribution >= 4 is 21.4 Å². The molecule has 0 aliphatic heterocycles. The molecule has 0 spiro atoms. The van der Waals surface area contributed by atoms with Crippen molar-refractivity contribution in [1.29, 1.82) is 0 Å². The van der Waals surface area contributed by atoms with Crippen LogP contribution < -0.4 is 15.0 Å². The average Bonchev–Trinajstić information content (AvgIpc) is 2.62. The summed E-state index contributed by atoms with van der Waals surface area (Å²) < 4.78 is 31.4. The van der Waals surface area contributed by atoms with Gasteiger partial charge in [-0.25, -0.2) is 8.42 Å². The van der Waals surface area contributed by atoms with Crippen molar-refractivity contribution in [3.05, 3.63) is 54.1 Å². The molecule has 1 atom stereocenters. The van der Waals surface area contributed by atoms with Gasteiger partial charge in [-0.15, -0.1) is 0 Å². The van der Waals surface area contributed by atoms with E-state index in [2.05, 4.69) is 5.32 Å². The van der Waals surface area contributed by atoms with Gasteiger partial charge in [-0.2, -0.15) is 0 Å². The maximum absolute atomic E-state index is 13.2. The third-order valence-corrected chi connectivity index (χ3v) is 6.20. The van der Waals surface area contributed by atoms with Gasteiger partial charge < -0.3 is 15.0 Å². The van der Waals surface area contributed by atoms with Gasteiger partial charge in [0, 0.05) is 33.3 Å². The molecule has 0 aromatic heterocycles. The first-order chi connectivity index (χ1) is 12.3. The van der Waals surface area contributed by atoms with Gasteiger partial charge in [0.15, 0.2) is 9.84 Å². The molecule has 0 aliphatic carbocycles. The van der Waals surface area contributed by atoms with Crippen molar-refractivity contribution in [3.63, 3.8) is 0 Å². The molecule has 1 N–H and O–H groups in total. The second-order valence-electron chi connectivity index (χ2n) is 6.13. The van der Waals surface area contributed by atoms with E-state index in [1.165, 1.54) is 26.2 Å². The summed E-state index contributed by atoms with van der Waals surface area (Å²) >= 11 is 0. The van der Waals surface area contributed by atoms with E-state index < -0.39 is 15.1 Å². The fraction of sp³-hybridized carbons (Fsp3) is 0.316. The van der Waals surface area contributed by atoms with Gasteiger partial charge in [0.1, 0.15) is 11.0 Å². The van der Waals surface area contributed by atoms with Crippen LogP contribution in [0.2, 0.25) is 0 Å². The van der Waals surface area contributed by atoms with E-state index in [0.717, 1.165) is 5.69 Å². The van der Waals surface area contributed by atoms with Crippen molar-refractivity contribution in [2.24, 2.45) is 0 Å². The lowest BCUT2D eigenvalue weighted by Crippen LogP contribution is -2.30. The summed E-state index contributed by atoms with van der Waals surface area (Å²) in [5, 5.41) is 1.75. The molecule has 6 nitrogen and oxygen atoms in total. The van der Waals surface area contributed by atoms with E-state index in [4.69, 9.17) is 4.74 Å². The highest BCUT2D eigenvalue weighted by Crippen LogP contribution is 2.30. The largest absolute Gasteiger partial charge is 0.497 e. The number of amides is 1. The Hall–Kier alpha value is -2.54. The maximum atomic E-state index is 13.2. The number of sulfone groups is 1. The highest BCUT2D eigenvalue weighted by molar-refractivity contribution is 7.91. The highest BCUT2D eigenvalue weighted by Gasteiger charge is 2.29. The maximum Gasteiger partial charge on any atom is 0.216 e. The van der Waals surface area contributed by atoms with Gasteiger partial charge in [0.2, 0.25) is 5.91 Å². The quantitative estimate of drug-likeness (QED) is 0.803. The van der Waals surface area contributed by atoms with Gasteiger partial charge in [-0.1, -0.05) is 12.1 Å². The molecule has 26 heavy (non-hydrogen) atoms. The number of anilines is 1. The number of hydrogen-bond donors (Lipinski definition) is 1. The highest BCUT2D eigenvalue weighted by atomic mass is 32.2. The Labute approximate surface area is 154 Å². The zero-order valence-corrected chi connectivity index (χ0v) is 16.2.